The number of thioether (sulfide) groups is 1. The van der Waals surface area contributed by atoms with Crippen LogP contribution < -0.4 is 5.56 Å². The number of unbranched alkanes of at least 4 members (excludes halogenated alkanes) is 1. The van der Waals surface area contributed by atoms with Crippen LogP contribution in [0.15, 0.2) is 56.2 Å². The summed E-state index contributed by atoms with van der Waals surface area (Å²) in [4.78, 5) is 23.0. The molecule has 0 saturated heterocycles. The average Bonchev–Trinajstić information content (AvgIpc) is 3.36. The van der Waals surface area contributed by atoms with Gasteiger partial charge in [-0.15, -0.1) is 10.2 Å². The first-order chi connectivity index (χ1) is 14.1. The first-order valence-electron chi connectivity index (χ1n) is 9.04. The van der Waals surface area contributed by atoms with Crippen LogP contribution in [0.3, 0.4) is 0 Å². The average molecular weight is 411 g/mol. The number of para-hydroxylation sites is 1. The Hall–Kier alpha value is -3.40. The fourth-order valence-corrected chi connectivity index (χ4v) is 3.72. The topological polar surface area (TPSA) is 108 Å². The van der Waals surface area contributed by atoms with Gasteiger partial charge < -0.3 is 4.42 Å². The summed E-state index contributed by atoms with van der Waals surface area (Å²) in [6.07, 6.45) is 3.44. The zero-order valence-corrected chi connectivity index (χ0v) is 16.3. The number of aromatic nitrogens is 4. The van der Waals surface area contributed by atoms with Crippen LogP contribution in [0.5, 0.6) is 0 Å². The fraction of sp³-hybridized carbons (Fsp3) is 0.211. The third-order valence-electron chi connectivity index (χ3n) is 4.41. The number of aryl methyl sites for hydroxylation is 1. The highest BCUT2D eigenvalue weighted by molar-refractivity contribution is 8.02. The van der Waals surface area contributed by atoms with E-state index in [-0.39, 0.29) is 11.4 Å². The SMILES string of the molecule is CCCCn1c(=O)c2ccccc2n2c(S/C=C/c3ccc([N+](=O)[O-])o3)nnc12. The van der Waals surface area contributed by atoms with Crippen LogP contribution in [0, 0.1) is 10.1 Å². The van der Waals surface area contributed by atoms with E-state index in [0.717, 1.165) is 18.4 Å². The van der Waals surface area contributed by atoms with Gasteiger partial charge in [0.05, 0.1) is 17.0 Å². The van der Waals surface area contributed by atoms with Crippen molar-refractivity contribution in [1.29, 1.82) is 0 Å². The van der Waals surface area contributed by atoms with E-state index in [2.05, 4.69) is 17.1 Å². The van der Waals surface area contributed by atoms with Gasteiger partial charge in [0.2, 0.25) is 10.9 Å². The van der Waals surface area contributed by atoms with E-state index >= 15 is 0 Å². The minimum absolute atomic E-state index is 0.0797. The molecule has 0 amide bonds. The third kappa shape index (κ3) is 3.54. The van der Waals surface area contributed by atoms with Gasteiger partial charge in [0.15, 0.2) is 0 Å². The van der Waals surface area contributed by atoms with E-state index in [1.54, 1.807) is 22.1 Å². The van der Waals surface area contributed by atoms with E-state index in [1.807, 2.05) is 22.6 Å². The summed E-state index contributed by atoms with van der Waals surface area (Å²) in [6.45, 7) is 2.64. The Morgan fingerprint density at radius 1 is 1.24 bits per heavy atom. The Kier molecular flexibility index (Phi) is 5.17. The van der Waals surface area contributed by atoms with E-state index in [0.29, 0.717) is 28.6 Å². The van der Waals surface area contributed by atoms with Gasteiger partial charge in [-0.05, 0) is 36.1 Å². The van der Waals surface area contributed by atoms with Gasteiger partial charge in [-0.3, -0.25) is 23.9 Å². The van der Waals surface area contributed by atoms with Crippen molar-refractivity contribution in [2.24, 2.45) is 0 Å². The first kappa shape index (κ1) is 18.9. The number of nitrogens with zero attached hydrogens (tertiary/aromatic N) is 5. The van der Waals surface area contributed by atoms with Crippen LogP contribution in [0.25, 0.3) is 22.8 Å². The zero-order valence-electron chi connectivity index (χ0n) is 15.5. The number of nitro groups is 1. The maximum absolute atomic E-state index is 12.9. The van der Waals surface area contributed by atoms with Crippen molar-refractivity contribution in [2.75, 3.05) is 0 Å². The molecular formula is C19H17N5O4S. The molecule has 0 unspecified atom stereocenters. The molecule has 1 aromatic carbocycles. The molecule has 0 radical (unpaired) electrons. The van der Waals surface area contributed by atoms with E-state index in [9.17, 15) is 14.9 Å². The van der Waals surface area contributed by atoms with Gasteiger partial charge in [0, 0.05) is 6.54 Å². The molecule has 4 aromatic rings. The summed E-state index contributed by atoms with van der Waals surface area (Å²) in [5.74, 6) is 0.544. The quantitative estimate of drug-likeness (QED) is 0.256. The highest BCUT2D eigenvalue weighted by atomic mass is 32.2. The van der Waals surface area contributed by atoms with Gasteiger partial charge in [-0.2, -0.15) is 0 Å². The fourth-order valence-electron chi connectivity index (χ4n) is 3.02. The lowest BCUT2D eigenvalue weighted by atomic mass is 10.2. The van der Waals surface area contributed by atoms with Crippen molar-refractivity contribution < 1.29 is 9.34 Å². The maximum atomic E-state index is 12.9. The summed E-state index contributed by atoms with van der Waals surface area (Å²) < 4.78 is 8.62. The van der Waals surface area contributed by atoms with Crippen LogP contribution in [0.1, 0.15) is 25.5 Å². The van der Waals surface area contributed by atoms with Crippen LogP contribution in [-0.2, 0) is 6.54 Å². The first-order valence-corrected chi connectivity index (χ1v) is 9.92. The second-order valence-electron chi connectivity index (χ2n) is 6.30. The second kappa shape index (κ2) is 7.92. The molecule has 4 rings (SSSR count). The smallest absolute Gasteiger partial charge is 0.401 e. The molecule has 0 atom stereocenters. The number of furan rings is 1. The molecule has 0 N–H and O–H groups in total. The van der Waals surface area contributed by atoms with Crippen molar-refractivity contribution in [3.8, 4) is 0 Å². The van der Waals surface area contributed by atoms with E-state index in [1.165, 1.54) is 23.9 Å². The van der Waals surface area contributed by atoms with Crippen molar-refractivity contribution >= 4 is 40.4 Å². The lowest BCUT2D eigenvalue weighted by molar-refractivity contribution is -0.402. The molecule has 0 bridgehead atoms. The predicted molar refractivity (Wildman–Crippen MR) is 110 cm³/mol. The van der Waals surface area contributed by atoms with Gasteiger partial charge in [-0.25, -0.2) is 0 Å². The Balaban J connectivity index is 1.75. The van der Waals surface area contributed by atoms with Crippen LogP contribution in [0.4, 0.5) is 5.88 Å². The molecule has 148 valence electrons. The molecule has 0 aliphatic rings. The molecule has 0 fully saturated rings. The van der Waals surface area contributed by atoms with Crippen LogP contribution in [-0.4, -0.2) is 24.1 Å². The molecule has 3 heterocycles. The predicted octanol–water partition coefficient (Wildman–Crippen LogP) is 4.11. The van der Waals surface area contributed by atoms with Gasteiger partial charge in [0.25, 0.3) is 5.56 Å². The molecular weight excluding hydrogens is 394 g/mol. The number of fused-ring (bicyclic) bond motifs is 3. The van der Waals surface area contributed by atoms with Gasteiger partial charge >= 0.3 is 5.88 Å². The third-order valence-corrected chi connectivity index (χ3v) is 5.16. The number of rotatable bonds is 7. The second-order valence-corrected chi connectivity index (χ2v) is 7.17. The standard InChI is InChI=1S/C19H17N5O4S/c1-2-3-11-22-17(25)14-6-4-5-7-15(14)23-18(22)20-21-19(23)29-12-10-13-8-9-16(28-13)24(26)27/h4-10,12H,2-3,11H2,1H3/b12-10+. The lowest BCUT2D eigenvalue weighted by Crippen LogP contribution is -2.23. The highest BCUT2D eigenvalue weighted by Crippen LogP contribution is 2.24. The number of benzene rings is 1. The minimum atomic E-state index is -0.585. The Labute approximate surface area is 168 Å². The lowest BCUT2D eigenvalue weighted by Gasteiger charge is -2.10. The molecule has 29 heavy (non-hydrogen) atoms. The van der Waals surface area contributed by atoms with E-state index in [4.69, 9.17) is 4.42 Å². The summed E-state index contributed by atoms with van der Waals surface area (Å²) in [6, 6.07) is 10.2. The number of hydrogen-bond acceptors (Lipinski definition) is 7. The molecule has 9 nitrogen and oxygen atoms in total. The number of hydrogen-bond donors (Lipinski definition) is 0. The molecule has 0 saturated carbocycles. The summed E-state index contributed by atoms with van der Waals surface area (Å²) >= 11 is 1.29. The molecule has 0 aliphatic carbocycles. The monoisotopic (exact) mass is 411 g/mol. The Morgan fingerprint density at radius 2 is 2.07 bits per heavy atom. The van der Waals surface area contributed by atoms with Crippen molar-refractivity contribution in [1.82, 2.24) is 19.2 Å². The van der Waals surface area contributed by atoms with E-state index < -0.39 is 4.92 Å². The molecule has 0 aliphatic heterocycles. The summed E-state index contributed by atoms with van der Waals surface area (Å²) in [5.41, 5.74) is 0.652. The zero-order chi connectivity index (χ0) is 20.4. The molecule has 3 aromatic heterocycles. The Bertz CT molecular complexity index is 1290. The van der Waals surface area contributed by atoms with Gasteiger partial charge in [0.1, 0.15) is 10.7 Å². The summed E-state index contributed by atoms with van der Waals surface area (Å²) in [7, 11) is 0. The van der Waals surface area contributed by atoms with Crippen molar-refractivity contribution in [3.05, 3.63) is 68.0 Å². The van der Waals surface area contributed by atoms with Crippen molar-refractivity contribution in [3.63, 3.8) is 0 Å². The minimum Gasteiger partial charge on any atom is -0.401 e. The van der Waals surface area contributed by atoms with Crippen LogP contribution >= 0.6 is 11.8 Å². The van der Waals surface area contributed by atoms with Crippen molar-refractivity contribution in [2.45, 2.75) is 31.5 Å². The Morgan fingerprint density at radius 3 is 2.83 bits per heavy atom. The molecule has 10 heteroatoms. The van der Waals surface area contributed by atoms with Crippen LogP contribution in [0.2, 0.25) is 0 Å². The largest absolute Gasteiger partial charge is 0.433 e. The summed E-state index contributed by atoms with van der Waals surface area (Å²) in [5, 5.41) is 22.1. The normalized spacial score (nSPS) is 11.8. The molecule has 0 spiro atoms. The van der Waals surface area contributed by atoms with Gasteiger partial charge in [-0.1, -0.05) is 37.2 Å². The maximum Gasteiger partial charge on any atom is 0.433 e. The highest BCUT2D eigenvalue weighted by Gasteiger charge is 2.16.